The van der Waals surface area contributed by atoms with Gasteiger partial charge in [0.25, 0.3) is 0 Å². The van der Waals surface area contributed by atoms with Crippen molar-refractivity contribution in [3.05, 3.63) is 52.1 Å². The number of aryl methyl sites for hydroxylation is 3. The lowest BCUT2D eigenvalue weighted by Crippen LogP contribution is -2.07. The Balaban J connectivity index is 3.24. The molecule has 0 atom stereocenters. The molecule has 0 aliphatic rings. The molecule has 0 fully saturated rings. The number of hydrogen-bond donors (Lipinski definition) is 0. The predicted molar refractivity (Wildman–Crippen MR) is 91.0 cm³/mol. The van der Waals surface area contributed by atoms with Crippen molar-refractivity contribution in [1.82, 2.24) is 0 Å². The Kier molecular flexibility index (Phi) is 7.26. The third-order valence-electron chi connectivity index (χ3n) is 3.23. The molecule has 0 heterocycles. The molecule has 0 N–H and O–H groups in total. The van der Waals surface area contributed by atoms with Crippen molar-refractivity contribution in [2.75, 3.05) is 13.2 Å². The van der Waals surface area contributed by atoms with Crippen molar-refractivity contribution >= 4 is 18.0 Å². The van der Waals surface area contributed by atoms with Crippen molar-refractivity contribution < 1.29 is 19.1 Å². The highest BCUT2D eigenvalue weighted by molar-refractivity contribution is 5.98. The fourth-order valence-corrected chi connectivity index (χ4v) is 2.31. The number of hydrogen-bond acceptors (Lipinski definition) is 4. The van der Waals surface area contributed by atoms with Gasteiger partial charge in [0.15, 0.2) is 0 Å². The van der Waals surface area contributed by atoms with Gasteiger partial charge in [-0.15, -0.1) is 0 Å². The molecule has 0 aliphatic heterocycles. The van der Waals surface area contributed by atoms with E-state index in [9.17, 15) is 9.59 Å². The summed E-state index contributed by atoms with van der Waals surface area (Å²) in [6.45, 7) is 10.0. The molecular formula is C19H24O4. The lowest BCUT2D eigenvalue weighted by Gasteiger charge is -2.09. The van der Waals surface area contributed by atoms with E-state index in [1.165, 1.54) is 12.2 Å². The Hall–Kier alpha value is -2.36. The number of carbonyl (C=O) groups is 2. The summed E-state index contributed by atoms with van der Waals surface area (Å²) in [5.41, 5.74) is 4.56. The van der Waals surface area contributed by atoms with Crippen LogP contribution in [0.2, 0.25) is 0 Å². The van der Waals surface area contributed by atoms with Crippen molar-refractivity contribution in [1.29, 1.82) is 0 Å². The second kappa shape index (κ2) is 8.93. The van der Waals surface area contributed by atoms with Crippen LogP contribution in [-0.4, -0.2) is 25.2 Å². The standard InChI is InChI=1S/C19H24O4/c1-6-22-18(20)9-8-16(19(21)23-7-2)12-17-14(4)10-13(3)11-15(17)5/h8-12H,6-7H2,1-5H3/b9-8+,16-12-. The van der Waals surface area contributed by atoms with Gasteiger partial charge in [-0.2, -0.15) is 0 Å². The number of esters is 2. The second-order valence-corrected chi connectivity index (χ2v) is 5.22. The zero-order valence-corrected chi connectivity index (χ0v) is 14.4. The molecular weight excluding hydrogens is 292 g/mol. The molecule has 0 saturated carbocycles. The maximum absolute atomic E-state index is 12.1. The molecule has 0 saturated heterocycles. The van der Waals surface area contributed by atoms with Gasteiger partial charge in [-0.25, -0.2) is 9.59 Å². The maximum Gasteiger partial charge on any atom is 0.338 e. The molecule has 4 heteroatoms. The summed E-state index contributed by atoms with van der Waals surface area (Å²) >= 11 is 0. The molecule has 1 aromatic rings. The minimum atomic E-state index is -0.486. The van der Waals surface area contributed by atoms with Gasteiger partial charge >= 0.3 is 11.9 Å². The Morgan fingerprint density at radius 3 is 2.04 bits per heavy atom. The van der Waals surface area contributed by atoms with Crippen LogP contribution >= 0.6 is 0 Å². The average Bonchev–Trinajstić information content (AvgIpc) is 2.46. The molecule has 23 heavy (non-hydrogen) atoms. The number of ether oxygens (including phenoxy) is 2. The van der Waals surface area contributed by atoms with Gasteiger partial charge in [-0.3, -0.25) is 0 Å². The van der Waals surface area contributed by atoms with Crippen molar-refractivity contribution in [2.24, 2.45) is 0 Å². The summed E-state index contributed by atoms with van der Waals surface area (Å²) in [5.74, 6) is -0.951. The first-order chi connectivity index (χ1) is 10.9. The van der Waals surface area contributed by atoms with E-state index in [0.717, 1.165) is 22.3 Å². The Labute approximate surface area is 137 Å². The van der Waals surface area contributed by atoms with Crippen molar-refractivity contribution in [3.63, 3.8) is 0 Å². The lowest BCUT2D eigenvalue weighted by molar-refractivity contribution is -0.138. The first kappa shape index (κ1) is 18.7. The van der Waals surface area contributed by atoms with E-state index in [2.05, 4.69) is 12.1 Å². The molecule has 0 spiro atoms. The summed E-state index contributed by atoms with van der Waals surface area (Å²) in [6.07, 6.45) is 4.43. The monoisotopic (exact) mass is 316 g/mol. The van der Waals surface area contributed by atoms with Gasteiger partial charge in [-0.05, 0) is 63.5 Å². The molecule has 1 aromatic carbocycles. The smallest absolute Gasteiger partial charge is 0.338 e. The minimum absolute atomic E-state index is 0.273. The van der Waals surface area contributed by atoms with Crippen LogP contribution in [0.5, 0.6) is 0 Å². The SMILES string of the molecule is CCOC(=O)/C=C/C(=C/c1c(C)cc(C)cc1C)C(=O)OCC. The zero-order chi connectivity index (χ0) is 17.4. The van der Waals surface area contributed by atoms with E-state index < -0.39 is 11.9 Å². The number of rotatable bonds is 6. The van der Waals surface area contributed by atoms with Gasteiger partial charge in [0.2, 0.25) is 0 Å². The maximum atomic E-state index is 12.1. The van der Waals surface area contributed by atoms with E-state index in [4.69, 9.17) is 9.47 Å². The van der Waals surface area contributed by atoms with Gasteiger partial charge in [0.05, 0.1) is 18.8 Å². The third kappa shape index (κ3) is 5.74. The Morgan fingerprint density at radius 1 is 0.957 bits per heavy atom. The normalized spacial score (nSPS) is 11.6. The highest BCUT2D eigenvalue weighted by atomic mass is 16.5. The first-order valence-corrected chi connectivity index (χ1v) is 7.70. The molecule has 0 amide bonds. The second-order valence-electron chi connectivity index (χ2n) is 5.22. The largest absolute Gasteiger partial charge is 0.463 e. The summed E-state index contributed by atoms with van der Waals surface area (Å²) in [5, 5.41) is 0. The van der Waals surface area contributed by atoms with Crippen LogP contribution in [0.4, 0.5) is 0 Å². The quantitative estimate of drug-likeness (QED) is 0.456. The van der Waals surface area contributed by atoms with Gasteiger partial charge in [-0.1, -0.05) is 17.7 Å². The van der Waals surface area contributed by atoms with E-state index in [-0.39, 0.29) is 13.2 Å². The van der Waals surface area contributed by atoms with E-state index in [0.29, 0.717) is 5.57 Å². The van der Waals surface area contributed by atoms with Gasteiger partial charge < -0.3 is 9.47 Å². The molecule has 0 bridgehead atoms. The van der Waals surface area contributed by atoms with Crippen LogP contribution in [0.25, 0.3) is 6.08 Å². The first-order valence-electron chi connectivity index (χ1n) is 7.70. The summed E-state index contributed by atoms with van der Waals surface area (Å²) in [7, 11) is 0. The topological polar surface area (TPSA) is 52.6 Å². The van der Waals surface area contributed by atoms with E-state index in [1.54, 1.807) is 19.9 Å². The van der Waals surface area contributed by atoms with E-state index in [1.807, 2.05) is 20.8 Å². The fraction of sp³-hybridized carbons (Fsp3) is 0.368. The predicted octanol–water partition coefficient (Wildman–Crippen LogP) is 3.68. The summed E-state index contributed by atoms with van der Waals surface area (Å²) < 4.78 is 9.90. The molecule has 4 nitrogen and oxygen atoms in total. The van der Waals surface area contributed by atoms with Crippen LogP contribution < -0.4 is 0 Å². The van der Waals surface area contributed by atoms with Gasteiger partial charge in [0.1, 0.15) is 0 Å². The van der Waals surface area contributed by atoms with Crippen LogP contribution in [0, 0.1) is 20.8 Å². The van der Waals surface area contributed by atoms with Crippen molar-refractivity contribution in [2.45, 2.75) is 34.6 Å². The number of benzene rings is 1. The van der Waals surface area contributed by atoms with Crippen LogP contribution in [0.3, 0.4) is 0 Å². The summed E-state index contributed by atoms with van der Waals surface area (Å²) in [4.78, 5) is 23.6. The highest BCUT2D eigenvalue weighted by Crippen LogP contribution is 2.20. The Bertz CT molecular complexity index is 616. The lowest BCUT2D eigenvalue weighted by atomic mass is 9.97. The molecule has 0 aromatic heterocycles. The van der Waals surface area contributed by atoms with E-state index >= 15 is 0 Å². The zero-order valence-electron chi connectivity index (χ0n) is 14.4. The average molecular weight is 316 g/mol. The van der Waals surface area contributed by atoms with Crippen LogP contribution in [0.1, 0.15) is 36.1 Å². The molecule has 1 rings (SSSR count). The summed E-state index contributed by atoms with van der Waals surface area (Å²) in [6, 6.07) is 4.10. The fourth-order valence-electron chi connectivity index (χ4n) is 2.31. The van der Waals surface area contributed by atoms with Gasteiger partial charge in [0, 0.05) is 6.08 Å². The molecule has 0 radical (unpaired) electrons. The van der Waals surface area contributed by atoms with Crippen LogP contribution in [-0.2, 0) is 19.1 Å². The highest BCUT2D eigenvalue weighted by Gasteiger charge is 2.11. The van der Waals surface area contributed by atoms with Crippen molar-refractivity contribution in [3.8, 4) is 0 Å². The molecule has 0 unspecified atom stereocenters. The van der Waals surface area contributed by atoms with Crippen LogP contribution in [0.15, 0.2) is 29.9 Å². The number of carbonyl (C=O) groups excluding carboxylic acids is 2. The third-order valence-corrected chi connectivity index (χ3v) is 3.23. The molecule has 0 aliphatic carbocycles. The molecule has 124 valence electrons. The minimum Gasteiger partial charge on any atom is -0.463 e. The Morgan fingerprint density at radius 2 is 1.52 bits per heavy atom.